The summed E-state index contributed by atoms with van der Waals surface area (Å²) in [4.78, 5) is 14.9. The smallest absolute Gasteiger partial charge is 0.263 e. The molecule has 1 saturated heterocycles. The van der Waals surface area contributed by atoms with Gasteiger partial charge in [0, 0.05) is 25.2 Å². The second-order valence-electron chi connectivity index (χ2n) is 6.18. The maximum absolute atomic E-state index is 13.1. The van der Waals surface area contributed by atoms with E-state index in [0.29, 0.717) is 23.9 Å². The SMILES string of the molecule is COc1ccccc1C1CNCCN1C(=O)C(C)Oc1ccccc1Cl. The van der Waals surface area contributed by atoms with Gasteiger partial charge in [-0.05, 0) is 25.1 Å². The molecule has 0 bridgehead atoms. The van der Waals surface area contributed by atoms with E-state index in [-0.39, 0.29) is 11.9 Å². The van der Waals surface area contributed by atoms with Crippen molar-refractivity contribution in [3.63, 3.8) is 0 Å². The highest BCUT2D eigenvalue weighted by Crippen LogP contribution is 2.31. The van der Waals surface area contributed by atoms with E-state index in [2.05, 4.69) is 5.32 Å². The van der Waals surface area contributed by atoms with Crippen LogP contribution in [0, 0.1) is 0 Å². The lowest BCUT2D eigenvalue weighted by Crippen LogP contribution is -2.52. The van der Waals surface area contributed by atoms with Gasteiger partial charge in [-0.25, -0.2) is 0 Å². The summed E-state index contributed by atoms with van der Waals surface area (Å²) in [5.41, 5.74) is 0.987. The highest BCUT2D eigenvalue weighted by atomic mass is 35.5. The van der Waals surface area contributed by atoms with E-state index in [0.717, 1.165) is 17.9 Å². The Kier molecular flexibility index (Phi) is 6.01. The predicted octanol–water partition coefficient (Wildman–Crippen LogP) is 3.29. The molecular formula is C20H23ClN2O3. The summed E-state index contributed by atoms with van der Waals surface area (Å²) >= 11 is 6.15. The third kappa shape index (κ3) is 3.94. The first-order valence-electron chi connectivity index (χ1n) is 8.67. The van der Waals surface area contributed by atoms with Crippen molar-refractivity contribution in [3.8, 4) is 11.5 Å². The molecule has 0 saturated carbocycles. The number of carbonyl (C=O) groups excluding carboxylic acids is 1. The molecule has 3 rings (SSSR count). The van der Waals surface area contributed by atoms with Gasteiger partial charge in [0.25, 0.3) is 5.91 Å². The Morgan fingerprint density at radius 1 is 1.19 bits per heavy atom. The van der Waals surface area contributed by atoms with Crippen LogP contribution in [0.2, 0.25) is 5.02 Å². The molecule has 2 atom stereocenters. The molecule has 1 fully saturated rings. The lowest BCUT2D eigenvalue weighted by atomic mass is 10.0. The number of hydrogen-bond donors (Lipinski definition) is 1. The van der Waals surface area contributed by atoms with Crippen LogP contribution in [0.1, 0.15) is 18.5 Å². The summed E-state index contributed by atoms with van der Waals surface area (Å²) < 4.78 is 11.3. The number of hydrogen-bond acceptors (Lipinski definition) is 4. The summed E-state index contributed by atoms with van der Waals surface area (Å²) in [6.07, 6.45) is -0.634. The fraction of sp³-hybridized carbons (Fsp3) is 0.350. The van der Waals surface area contributed by atoms with Gasteiger partial charge in [-0.15, -0.1) is 0 Å². The molecule has 0 aliphatic carbocycles. The van der Waals surface area contributed by atoms with Crippen molar-refractivity contribution in [1.82, 2.24) is 10.2 Å². The van der Waals surface area contributed by atoms with Gasteiger partial charge in [0.2, 0.25) is 0 Å². The van der Waals surface area contributed by atoms with Crippen molar-refractivity contribution in [2.75, 3.05) is 26.7 Å². The van der Waals surface area contributed by atoms with Crippen LogP contribution >= 0.6 is 11.6 Å². The van der Waals surface area contributed by atoms with E-state index < -0.39 is 6.10 Å². The number of nitrogens with one attached hydrogen (secondary N) is 1. The monoisotopic (exact) mass is 374 g/mol. The molecule has 1 aliphatic heterocycles. The van der Waals surface area contributed by atoms with Gasteiger partial charge in [0.1, 0.15) is 11.5 Å². The van der Waals surface area contributed by atoms with Crippen LogP contribution in [-0.4, -0.2) is 43.7 Å². The Morgan fingerprint density at radius 3 is 2.62 bits per heavy atom. The Bertz CT molecular complexity index is 768. The second kappa shape index (κ2) is 8.43. The number of halogens is 1. The Morgan fingerprint density at radius 2 is 1.88 bits per heavy atom. The van der Waals surface area contributed by atoms with Crippen LogP contribution in [0.15, 0.2) is 48.5 Å². The van der Waals surface area contributed by atoms with Gasteiger partial charge in [0.15, 0.2) is 6.10 Å². The molecule has 2 aromatic carbocycles. The summed E-state index contributed by atoms with van der Waals surface area (Å²) in [5.74, 6) is 1.22. The molecule has 0 spiro atoms. The zero-order valence-electron chi connectivity index (χ0n) is 14.9. The molecule has 1 amide bonds. The van der Waals surface area contributed by atoms with Crippen LogP contribution in [0.5, 0.6) is 11.5 Å². The third-order valence-electron chi connectivity index (χ3n) is 4.51. The van der Waals surface area contributed by atoms with E-state index in [4.69, 9.17) is 21.1 Å². The van der Waals surface area contributed by atoms with E-state index in [1.165, 1.54) is 0 Å². The van der Waals surface area contributed by atoms with Gasteiger partial charge in [0.05, 0.1) is 18.2 Å². The molecule has 6 heteroatoms. The van der Waals surface area contributed by atoms with Gasteiger partial charge in [-0.3, -0.25) is 4.79 Å². The molecular weight excluding hydrogens is 352 g/mol. The molecule has 1 heterocycles. The summed E-state index contributed by atoms with van der Waals surface area (Å²) in [6.45, 7) is 3.78. The number of rotatable bonds is 5. The number of amides is 1. The predicted molar refractivity (Wildman–Crippen MR) is 102 cm³/mol. The molecule has 0 aromatic heterocycles. The van der Waals surface area contributed by atoms with Crippen LogP contribution < -0.4 is 14.8 Å². The maximum Gasteiger partial charge on any atom is 0.263 e. The van der Waals surface area contributed by atoms with Crippen molar-refractivity contribution in [1.29, 1.82) is 0 Å². The zero-order valence-corrected chi connectivity index (χ0v) is 15.7. The standard InChI is InChI=1S/C20H23ClN2O3/c1-14(26-19-10-6-4-8-16(19)21)20(24)23-12-11-22-13-17(23)15-7-3-5-9-18(15)25-2/h3-10,14,17,22H,11-13H2,1-2H3. The number of methoxy groups -OCH3 is 1. The highest BCUT2D eigenvalue weighted by molar-refractivity contribution is 6.32. The molecule has 5 nitrogen and oxygen atoms in total. The quantitative estimate of drug-likeness (QED) is 0.872. The first-order chi connectivity index (χ1) is 12.6. The minimum absolute atomic E-state index is 0.0673. The van der Waals surface area contributed by atoms with E-state index >= 15 is 0 Å². The first-order valence-corrected chi connectivity index (χ1v) is 9.05. The van der Waals surface area contributed by atoms with E-state index in [9.17, 15) is 4.79 Å². The first kappa shape index (κ1) is 18.5. The normalized spacial score (nSPS) is 18.3. The number of para-hydroxylation sites is 2. The van der Waals surface area contributed by atoms with Crippen molar-refractivity contribution >= 4 is 17.5 Å². The molecule has 1 aliphatic rings. The third-order valence-corrected chi connectivity index (χ3v) is 4.82. The Labute approximate surface area is 158 Å². The second-order valence-corrected chi connectivity index (χ2v) is 6.59. The van der Waals surface area contributed by atoms with Crippen LogP contribution in [0.3, 0.4) is 0 Å². The highest BCUT2D eigenvalue weighted by Gasteiger charge is 2.33. The minimum Gasteiger partial charge on any atom is -0.496 e. The van der Waals surface area contributed by atoms with Crippen molar-refractivity contribution < 1.29 is 14.3 Å². The molecule has 2 aromatic rings. The van der Waals surface area contributed by atoms with Gasteiger partial charge >= 0.3 is 0 Å². The maximum atomic E-state index is 13.1. The number of carbonyl (C=O) groups is 1. The molecule has 0 radical (unpaired) electrons. The van der Waals surface area contributed by atoms with Crippen molar-refractivity contribution in [2.24, 2.45) is 0 Å². The van der Waals surface area contributed by atoms with Crippen molar-refractivity contribution in [2.45, 2.75) is 19.1 Å². The van der Waals surface area contributed by atoms with Crippen LogP contribution in [0.4, 0.5) is 0 Å². The fourth-order valence-corrected chi connectivity index (χ4v) is 3.38. The Balaban J connectivity index is 1.80. The molecule has 138 valence electrons. The fourth-order valence-electron chi connectivity index (χ4n) is 3.20. The topological polar surface area (TPSA) is 50.8 Å². The summed E-state index contributed by atoms with van der Waals surface area (Å²) in [7, 11) is 1.64. The van der Waals surface area contributed by atoms with Crippen LogP contribution in [0.25, 0.3) is 0 Å². The lowest BCUT2D eigenvalue weighted by molar-refractivity contribution is -0.141. The average Bonchev–Trinajstić information content (AvgIpc) is 2.69. The number of piperazine rings is 1. The molecule has 2 unspecified atom stereocenters. The minimum atomic E-state index is -0.634. The molecule has 26 heavy (non-hydrogen) atoms. The van der Waals surface area contributed by atoms with E-state index in [1.807, 2.05) is 41.3 Å². The number of benzene rings is 2. The van der Waals surface area contributed by atoms with Crippen molar-refractivity contribution in [3.05, 3.63) is 59.1 Å². The van der Waals surface area contributed by atoms with E-state index in [1.54, 1.807) is 26.2 Å². The Hall–Kier alpha value is -2.24. The zero-order chi connectivity index (χ0) is 18.5. The molecule has 1 N–H and O–H groups in total. The van der Waals surface area contributed by atoms with Gasteiger partial charge < -0.3 is 19.7 Å². The largest absolute Gasteiger partial charge is 0.496 e. The van der Waals surface area contributed by atoms with Gasteiger partial charge in [-0.2, -0.15) is 0 Å². The number of ether oxygens (including phenoxy) is 2. The van der Waals surface area contributed by atoms with Crippen LogP contribution in [-0.2, 0) is 4.79 Å². The number of nitrogens with zero attached hydrogens (tertiary/aromatic N) is 1. The summed E-state index contributed by atoms with van der Waals surface area (Å²) in [5, 5.41) is 3.85. The average molecular weight is 375 g/mol. The van der Waals surface area contributed by atoms with Gasteiger partial charge in [-0.1, -0.05) is 41.9 Å². The lowest BCUT2D eigenvalue weighted by Gasteiger charge is -2.38. The summed E-state index contributed by atoms with van der Waals surface area (Å²) in [6, 6.07) is 14.9.